The van der Waals surface area contributed by atoms with Crippen molar-refractivity contribution >= 4 is 5.97 Å². The minimum atomic E-state index is -0.906. The number of unbranched alkanes of at least 4 members (excludes halogenated alkanes) is 3. The Bertz CT molecular complexity index is 392. The van der Waals surface area contributed by atoms with E-state index >= 15 is 0 Å². The molecule has 3 heteroatoms. The first-order valence-electron chi connectivity index (χ1n) is 8.71. The maximum absolute atomic E-state index is 10.2. The summed E-state index contributed by atoms with van der Waals surface area (Å²) in [5.74, 6) is -0.906. The van der Waals surface area contributed by atoms with Crippen LogP contribution in [-0.2, 0) is 4.79 Å². The van der Waals surface area contributed by atoms with Gasteiger partial charge in [0.2, 0.25) is 0 Å². The quantitative estimate of drug-likeness (QED) is 0.200. The summed E-state index contributed by atoms with van der Waals surface area (Å²) in [6, 6.07) is 0. The van der Waals surface area contributed by atoms with Crippen LogP contribution in [0.25, 0.3) is 0 Å². The molecule has 0 bridgehead atoms. The topological polar surface area (TPSA) is 57.5 Å². The number of hydrogen-bond donors (Lipinski definition) is 2. The highest BCUT2D eigenvalue weighted by Gasteiger charge is 2.01. The van der Waals surface area contributed by atoms with E-state index in [9.17, 15) is 9.90 Å². The zero-order chi connectivity index (χ0) is 17.2. The van der Waals surface area contributed by atoms with Gasteiger partial charge in [0.25, 0.3) is 0 Å². The molecule has 0 aromatic rings. The van der Waals surface area contributed by atoms with Crippen molar-refractivity contribution in [3.63, 3.8) is 0 Å². The van der Waals surface area contributed by atoms with Gasteiger partial charge in [0.15, 0.2) is 0 Å². The molecule has 0 aliphatic carbocycles. The summed E-state index contributed by atoms with van der Waals surface area (Å²) < 4.78 is 0. The SMILES string of the molecule is CCCCC[C@H](O)CCCC=C/C=C\C/C=C\CC=CC(=O)O. The van der Waals surface area contributed by atoms with Crippen molar-refractivity contribution in [3.8, 4) is 0 Å². The van der Waals surface area contributed by atoms with Gasteiger partial charge in [-0.1, -0.05) is 68.7 Å². The van der Waals surface area contributed by atoms with Gasteiger partial charge >= 0.3 is 5.97 Å². The van der Waals surface area contributed by atoms with Gasteiger partial charge in [-0.25, -0.2) is 4.79 Å². The molecular weight excluding hydrogens is 288 g/mol. The van der Waals surface area contributed by atoms with E-state index in [4.69, 9.17) is 5.11 Å². The molecule has 0 fully saturated rings. The van der Waals surface area contributed by atoms with Crippen LogP contribution in [-0.4, -0.2) is 22.3 Å². The summed E-state index contributed by atoms with van der Waals surface area (Å²) >= 11 is 0. The third kappa shape index (κ3) is 18.3. The first-order chi connectivity index (χ1) is 11.2. The zero-order valence-electron chi connectivity index (χ0n) is 14.4. The number of allylic oxidation sites excluding steroid dienone is 7. The summed E-state index contributed by atoms with van der Waals surface area (Å²) in [7, 11) is 0. The highest BCUT2D eigenvalue weighted by molar-refractivity contribution is 5.79. The van der Waals surface area contributed by atoms with Crippen LogP contribution in [0, 0.1) is 0 Å². The van der Waals surface area contributed by atoms with E-state index in [0.717, 1.165) is 44.6 Å². The number of aliphatic carboxylic acids is 1. The molecular formula is C20H32O3. The smallest absolute Gasteiger partial charge is 0.327 e. The number of carbonyl (C=O) groups is 1. The molecule has 0 saturated carbocycles. The van der Waals surface area contributed by atoms with Gasteiger partial charge in [-0.05, 0) is 38.5 Å². The first kappa shape index (κ1) is 21.4. The zero-order valence-corrected chi connectivity index (χ0v) is 14.4. The number of carboxylic acids is 1. The van der Waals surface area contributed by atoms with Crippen molar-refractivity contribution in [3.05, 3.63) is 48.6 Å². The maximum atomic E-state index is 10.2. The summed E-state index contributed by atoms with van der Waals surface area (Å²) in [6.07, 6.45) is 23.8. The van der Waals surface area contributed by atoms with Crippen molar-refractivity contribution < 1.29 is 15.0 Å². The standard InChI is InChI=1S/C20H32O3/c1-2-3-13-16-19(21)17-14-11-9-7-5-4-6-8-10-12-15-18-20(22)23/h4-5,7-10,15,18-19,21H,2-3,6,11-14,16-17H2,1H3,(H,22,23)/b5-4-,9-7?,10-8-,18-15?/t19-/m0/s1. The Morgan fingerprint density at radius 3 is 2.26 bits per heavy atom. The summed E-state index contributed by atoms with van der Waals surface area (Å²) in [5, 5.41) is 18.2. The Balaban J connectivity index is 3.51. The molecule has 23 heavy (non-hydrogen) atoms. The lowest BCUT2D eigenvalue weighted by Gasteiger charge is -2.08. The second-order valence-corrected chi connectivity index (χ2v) is 5.62. The minimum Gasteiger partial charge on any atom is -0.478 e. The number of hydrogen-bond acceptors (Lipinski definition) is 2. The molecule has 0 aliphatic rings. The van der Waals surface area contributed by atoms with Crippen LogP contribution in [0.3, 0.4) is 0 Å². The second-order valence-electron chi connectivity index (χ2n) is 5.62. The molecule has 0 aliphatic heterocycles. The number of aliphatic hydroxyl groups excluding tert-OH is 1. The summed E-state index contributed by atoms with van der Waals surface area (Å²) in [4.78, 5) is 10.2. The van der Waals surface area contributed by atoms with Crippen molar-refractivity contribution in [2.75, 3.05) is 0 Å². The van der Waals surface area contributed by atoms with E-state index in [0.29, 0.717) is 6.42 Å². The van der Waals surface area contributed by atoms with Gasteiger partial charge in [0, 0.05) is 6.08 Å². The van der Waals surface area contributed by atoms with Crippen LogP contribution in [0.15, 0.2) is 48.6 Å². The van der Waals surface area contributed by atoms with Crippen molar-refractivity contribution in [2.45, 2.75) is 70.8 Å². The van der Waals surface area contributed by atoms with Gasteiger partial charge in [-0.3, -0.25) is 0 Å². The highest BCUT2D eigenvalue weighted by Crippen LogP contribution is 2.09. The molecule has 0 aromatic heterocycles. The molecule has 0 amide bonds. The van der Waals surface area contributed by atoms with Crippen molar-refractivity contribution in [1.82, 2.24) is 0 Å². The van der Waals surface area contributed by atoms with E-state index in [-0.39, 0.29) is 6.10 Å². The van der Waals surface area contributed by atoms with Gasteiger partial charge in [0.1, 0.15) is 0 Å². The monoisotopic (exact) mass is 320 g/mol. The Kier molecular flexibility index (Phi) is 15.6. The molecule has 0 heterocycles. The summed E-state index contributed by atoms with van der Waals surface area (Å²) in [6.45, 7) is 2.18. The number of aliphatic hydroxyl groups is 1. The Morgan fingerprint density at radius 1 is 0.913 bits per heavy atom. The van der Waals surface area contributed by atoms with Crippen LogP contribution >= 0.6 is 0 Å². The van der Waals surface area contributed by atoms with E-state index in [2.05, 4.69) is 19.1 Å². The Hall–Kier alpha value is -1.61. The minimum absolute atomic E-state index is 0.134. The Labute approximate surface area is 141 Å². The molecule has 3 nitrogen and oxygen atoms in total. The van der Waals surface area contributed by atoms with Crippen LogP contribution in [0.1, 0.15) is 64.7 Å². The molecule has 0 spiro atoms. The fourth-order valence-corrected chi connectivity index (χ4v) is 2.10. The average molecular weight is 320 g/mol. The Morgan fingerprint density at radius 2 is 1.57 bits per heavy atom. The molecule has 0 saturated heterocycles. The molecule has 0 aromatic carbocycles. The van der Waals surface area contributed by atoms with E-state index in [1.807, 2.05) is 24.3 Å². The lowest BCUT2D eigenvalue weighted by Crippen LogP contribution is -2.05. The largest absolute Gasteiger partial charge is 0.478 e. The lowest BCUT2D eigenvalue weighted by molar-refractivity contribution is -0.131. The molecule has 0 radical (unpaired) electrons. The third-order valence-corrected chi connectivity index (χ3v) is 3.40. The molecule has 130 valence electrons. The third-order valence-electron chi connectivity index (χ3n) is 3.40. The maximum Gasteiger partial charge on any atom is 0.327 e. The van der Waals surface area contributed by atoms with Gasteiger partial charge in [-0.2, -0.15) is 0 Å². The van der Waals surface area contributed by atoms with Crippen LogP contribution < -0.4 is 0 Å². The summed E-state index contributed by atoms with van der Waals surface area (Å²) in [5.41, 5.74) is 0. The van der Waals surface area contributed by atoms with Gasteiger partial charge < -0.3 is 10.2 Å². The average Bonchev–Trinajstić information content (AvgIpc) is 2.51. The number of rotatable bonds is 14. The fraction of sp³-hybridized carbons (Fsp3) is 0.550. The first-order valence-corrected chi connectivity index (χ1v) is 8.71. The van der Waals surface area contributed by atoms with Crippen LogP contribution in [0.5, 0.6) is 0 Å². The number of carboxylic acid groups (broad SMARTS) is 1. The predicted octanol–water partition coefficient (Wildman–Crippen LogP) is 5.19. The second kappa shape index (κ2) is 16.8. The van der Waals surface area contributed by atoms with E-state index < -0.39 is 5.97 Å². The molecule has 0 unspecified atom stereocenters. The van der Waals surface area contributed by atoms with Crippen molar-refractivity contribution in [1.29, 1.82) is 0 Å². The van der Waals surface area contributed by atoms with E-state index in [1.54, 1.807) is 6.08 Å². The van der Waals surface area contributed by atoms with Crippen LogP contribution in [0.2, 0.25) is 0 Å². The molecule has 1 atom stereocenters. The predicted molar refractivity (Wildman–Crippen MR) is 97.4 cm³/mol. The van der Waals surface area contributed by atoms with Gasteiger partial charge in [0.05, 0.1) is 6.10 Å². The van der Waals surface area contributed by atoms with Gasteiger partial charge in [-0.15, -0.1) is 0 Å². The van der Waals surface area contributed by atoms with Crippen molar-refractivity contribution in [2.24, 2.45) is 0 Å². The lowest BCUT2D eigenvalue weighted by atomic mass is 10.1. The van der Waals surface area contributed by atoms with E-state index in [1.165, 1.54) is 12.8 Å². The normalized spacial score (nSPS) is 13.8. The molecule has 0 rings (SSSR count). The molecule has 2 N–H and O–H groups in total. The van der Waals surface area contributed by atoms with Crippen LogP contribution in [0.4, 0.5) is 0 Å². The fourth-order valence-electron chi connectivity index (χ4n) is 2.10. The highest BCUT2D eigenvalue weighted by atomic mass is 16.4.